The van der Waals surface area contributed by atoms with Gasteiger partial charge in [-0.05, 0) is 43.2 Å². The van der Waals surface area contributed by atoms with E-state index in [0.717, 1.165) is 12.0 Å². The van der Waals surface area contributed by atoms with Crippen molar-refractivity contribution < 1.29 is 9.59 Å². The van der Waals surface area contributed by atoms with E-state index in [4.69, 9.17) is 11.6 Å². The second-order valence-corrected chi connectivity index (χ2v) is 5.92. The van der Waals surface area contributed by atoms with Gasteiger partial charge in [0.2, 0.25) is 0 Å². The van der Waals surface area contributed by atoms with Gasteiger partial charge in [0.25, 0.3) is 11.8 Å². The Kier molecular flexibility index (Phi) is 6.32. The number of amides is 2. The highest BCUT2D eigenvalue weighted by molar-refractivity contribution is 6.29. The van der Waals surface area contributed by atoms with E-state index in [1.54, 1.807) is 18.2 Å². The van der Waals surface area contributed by atoms with Crippen molar-refractivity contribution in [2.24, 2.45) is 0 Å². The molecule has 0 aliphatic heterocycles. The lowest BCUT2D eigenvalue weighted by atomic mass is 10.1. The Hall–Kier alpha value is -2.40. The van der Waals surface area contributed by atoms with Gasteiger partial charge >= 0.3 is 0 Å². The molecule has 0 saturated carbocycles. The van der Waals surface area contributed by atoms with E-state index < -0.39 is 0 Å². The summed E-state index contributed by atoms with van der Waals surface area (Å²) in [5.41, 5.74) is 1.97. The van der Waals surface area contributed by atoms with Crippen LogP contribution in [0.5, 0.6) is 0 Å². The quantitative estimate of drug-likeness (QED) is 0.790. The van der Waals surface area contributed by atoms with Gasteiger partial charge in [-0.15, -0.1) is 0 Å². The summed E-state index contributed by atoms with van der Waals surface area (Å²) in [6.07, 6.45) is 2.37. The number of nitrogens with one attached hydrogen (secondary N) is 2. The van der Waals surface area contributed by atoms with E-state index in [0.29, 0.717) is 17.7 Å². The van der Waals surface area contributed by atoms with Crippen molar-refractivity contribution in [1.82, 2.24) is 15.6 Å². The Morgan fingerprint density at radius 2 is 1.83 bits per heavy atom. The highest BCUT2D eigenvalue weighted by Gasteiger charge is 2.09. The summed E-state index contributed by atoms with van der Waals surface area (Å²) in [6.45, 7) is 4.35. The molecule has 0 spiro atoms. The minimum atomic E-state index is -0.224. The molecule has 6 heteroatoms. The van der Waals surface area contributed by atoms with Crippen LogP contribution in [0.1, 0.15) is 46.5 Å². The van der Waals surface area contributed by atoms with Gasteiger partial charge in [-0.3, -0.25) is 9.59 Å². The summed E-state index contributed by atoms with van der Waals surface area (Å²) < 4.78 is 0. The van der Waals surface area contributed by atoms with Gasteiger partial charge in [0.05, 0.1) is 0 Å². The molecule has 2 rings (SSSR count). The van der Waals surface area contributed by atoms with Gasteiger partial charge in [-0.2, -0.15) is 0 Å². The third kappa shape index (κ3) is 5.06. The van der Waals surface area contributed by atoms with E-state index in [9.17, 15) is 9.59 Å². The molecule has 1 heterocycles. The molecule has 1 atom stereocenters. The molecule has 0 bridgehead atoms. The summed E-state index contributed by atoms with van der Waals surface area (Å²) in [7, 11) is 0. The number of benzene rings is 1. The van der Waals surface area contributed by atoms with Gasteiger partial charge in [0, 0.05) is 29.9 Å². The fourth-order valence-electron chi connectivity index (χ4n) is 2.01. The third-order valence-electron chi connectivity index (χ3n) is 3.65. The fourth-order valence-corrected chi connectivity index (χ4v) is 2.19. The molecule has 2 N–H and O–H groups in total. The molecule has 0 aliphatic carbocycles. The molecule has 0 saturated heterocycles. The van der Waals surface area contributed by atoms with Crippen molar-refractivity contribution in [3.05, 3.63) is 64.4 Å². The molecule has 126 valence electrons. The van der Waals surface area contributed by atoms with Crippen LogP contribution in [0.3, 0.4) is 0 Å². The van der Waals surface area contributed by atoms with Crippen LogP contribution in [-0.2, 0) is 6.54 Å². The SMILES string of the molecule is CCC(C)NC(=O)c1ccc(CNC(=O)c2ccnc(Cl)c2)cc1. The van der Waals surface area contributed by atoms with Crippen LogP contribution in [0.15, 0.2) is 42.6 Å². The average molecular weight is 346 g/mol. The summed E-state index contributed by atoms with van der Waals surface area (Å²) >= 11 is 5.77. The second kappa shape index (κ2) is 8.45. The van der Waals surface area contributed by atoms with Crippen LogP contribution in [0.4, 0.5) is 0 Å². The Morgan fingerprint density at radius 1 is 1.12 bits per heavy atom. The molecule has 0 fully saturated rings. The highest BCUT2D eigenvalue weighted by Crippen LogP contribution is 2.08. The first kappa shape index (κ1) is 17.9. The van der Waals surface area contributed by atoms with Crippen LogP contribution in [0.25, 0.3) is 0 Å². The minimum absolute atomic E-state index is 0.0913. The smallest absolute Gasteiger partial charge is 0.251 e. The van der Waals surface area contributed by atoms with Crippen molar-refractivity contribution in [3.8, 4) is 0 Å². The average Bonchev–Trinajstić information content (AvgIpc) is 2.59. The first-order valence-corrected chi connectivity index (χ1v) is 8.17. The Balaban J connectivity index is 1.92. The zero-order valence-corrected chi connectivity index (χ0v) is 14.4. The highest BCUT2D eigenvalue weighted by atomic mass is 35.5. The summed E-state index contributed by atoms with van der Waals surface area (Å²) in [5, 5.41) is 6.00. The number of halogens is 1. The standard InChI is InChI=1S/C18H20ClN3O2/c1-3-12(2)22-18(24)14-6-4-13(5-7-14)11-21-17(23)15-8-9-20-16(19)10-15/h4-10,12H,3,11H2,1-2H3,(H,21,23)(H,22,24). The monoisotopic (exact) mass is 345 g/mol. The summed E-state index contributed by atoms with van der Waals surface area (Å²) in [6, 6.07) is 10.4. The van der Waals surface area contributed by atoms with E-state index >= 15 is 0 Å². The van der Waals surface area contributed by atoms with Crippen LogP contribution in [0, 0.1) is 0 Å². The van der Waals surface area contributed by atoms with Gasteiger partial charge in [-0.25, -0.2) is 4.98 Å². The first-order valence-electron chi connectivity index (χ1n) is 7.79. The molecular formula is C18H20ClN3O2. The van der Waals surface area contributed by atoms with Gasteiger partial charge < -0.3 is 10.6 Å². The third-order valence-corrected chi connectivity index (χ3v) is 3.85. The fraction of sp³-hybridized carbons (Fsp3) is 0.278. The lowest BCUT2D eigenvalue weighted by Gasteiger charge is -2.11. The van der Waals surface area contributed by atoms with Crippen LogP contribution in [-0.4, -0.2) is 22.8 Å². The number of aromatic nitrogens is 1. The van der Waals surface area contributed by atoms with Crippen LogP contribution in [0.2, 0.25) is 5.15 Å². The topological polar surface area (TPSA) is 71.1 Å². The van der Waals surface area contributed by atoms with Crippen molar-refractivity contribution >= 4 is 23.4 Å². The van der Waals surface area contributed by atoms with Gasteiger partial charge in [-0.1, -0.05) is 30.7 Å². The van der Waals surface area contributed by atoms with Crippen LogP contribution < -0.4 is 10.6 Å². The zero-order valence-electron chi connectivity index (χ0n) is 13.7. The maximum atomic E-state index is 12.0. The van der Waals surface area contributed by atoms with E-state index in [2.05, 4.69) is 15.6 Å². The van der Waals surface area contributed by atoms with E-state index in [1.165, 1.54) is 12.3 Å². The number of carbonyl (C=O) groups is 2. The van der Waals surface area contributed by atoms with Crippen molar-refractivity contribution in [1.29, 1.82) is 0 Å². The molecule has 1 aromatic heterocycles. The van der Waals surface area contributed by atoms with E-state index in [1.807, 2.05) is 26.0 Å². The van der Waals surface area contributed by atoms with Crippen LogP contribution >= 0.6 is 11.6 Å². The lowest BCUT2D eigenvalue weighted by molar-refractivity contribution is 0.0934. The number of carbonyl (C=O) groups excluding carboxylic acids is 2. The molecule has 2 amide bonds. The predicted octanol–water partition coefficient (Wildman–Crippen LogP) is 3.19. The first-order chi connectivity index (χ1) is 11.5. The number of hydrogen-bond donors (Lipinski definition) is 2. The van der Waals surface area contributed by atoms with Crippen molar-refractivity contribution in [2.45, 2.75) is 32.9 Å². The Morgan fingerprint density at radius 3 is 2.46 bits per heavy atom. The molecule has 24 heavy (non-hydrogen) atoms. The molecular weight excluding hydrogens is 326 g/mol. The van der Waals surface area contributed by atoms with E-state index in [-0.39, 0.29) is 23.0 Å². The minimum Gasteiger partial charge on any atom is -0.350 e. The Bertz CT molecular complexity index is 716. The molecule has 1 unspecified atom stereocenters. The Labute approximate surface area is 146 Å². The number of nitrogens with zero attached hydrogens (tertiary/aromatic N) is 1. The largest absolute Gasteiger partial charge is 0.350 e. The number of hydrogen-bond acceptors (Lipinski definition) is 3. The summed E-state index contributed by atoms with van der Waals surface area (Å²) in [4.78, 5) is 27.9. The lowest BCUT2D eigenvalue weighted by Crippen LogP contribution is -2.31. The summed E-state index contributed by atoms with van der Waals surface area (Å²) in [5.74, 6) is -0.316. The maximum absolute atomic E-state index is 12.0. The van der Waals surface area contributed by atoms with Crippen molar-refractivity contribution in [2.75, 3.05) is 0 Å². The molecule has 5 nitrogen and oxygen atoms in total. The van der Waals surface area contributed by atoms with Gasteiger partial charge in [0.15, 0.2) is 0 Å². The van der Waals surface area contributed by atoms with Gasteiger partial charge in [0.1, 0.15) is 5.15 Å². The number of rotatable bonds is 6. The molecule has 0 aliphatic rings. The molecule has 0 radical (unpaired) electrons. The second-order valence-electron chi connectivity index (χ2n) is 5.53. The normalized spacial score (nSPS) is 11.6. The zero-order chi connectivity index (χ0) is 17.5. The maximum Gasteiger partial charge on any atom is 0.251 e. The molecule has 1 aromatic carbocycles. The molecule has 2 aromatic rings. The number of pyridine rings is 1. The predicted molar refractivity (Wildman–Crippen MR) is 94.1 cm³/mol. The van der Waals surface area contributed by atoms with Crippen molar-refractivity contribution in [3.63, 3.8) is 0 Å².